The van der Waals surface area contributed by atoms with Crippen LogP contribution in [0.2, 0.25) is 0 Å². The Morgan fingerprint density at radius 2 is 2.05 bits per heavy atom. The molecule has 3 nitrogen and oxygen atoms in total. The van der Waals surface area contributed by atoms with Crippen LogP contribution in [0.1, 0.15) is 43.3 Å². The molecule has 0 saturated heterocycles. The van der Waals surface area contributed by atoms with Crippen molar-refractivity contribution in [3.63, 3.8) is 0 Å². The fraction of sp³-hybridized carbons (Fsp3) is 0.438. The van der Waals surface area contributed by atoms with Gasteiger partial charge in [-0.1, -0.05) is 38.1 Å². The summed E-state index contributed by atoms with van der Waals surface area (Å²) in [6.45, 7) is 5.36. The van der Waals surface area contributed by atoms with E-state index in [0.717, 1.165) is 31.6 Å². The van der Waals surface area contributed by atoms with Crippen LogP contribution in [0, 0.1) is 0 Å². The highest BCUT2D eigenvalue weighted by Gasteiger charge is 2.13. The number of aromatic nitrogens is 2. The number of hydrogen-bond donors (Lipinski definition) is 1. The maximum absolute atomic E-state index is 6.37. The van der Waals surface area contributed by atoms with Crippen LogP contribution in [0.5, 0.6) is 0 Å². The Morgan fingerprint density at radius 1 is 1.26 bits per heavy atom. The van der Waals surface area contributed by atoms with Crippen LogP contribution >= 0.6 is 0 Å². The third-order valence-corrected chi connectivity index (χ3v) is 3.50. The van der Waals surface area contributed by atoms with E-state index in [2.05, 4.69) is 47.7 Å². The van der Waals surface area contributed by atoms with E-state index in [9.17, 15) is 0 Å². The van der Waals surface area contributed by atoms with Crippen LogP contribution in [0.25, 0.3) is 0 Å². The summed E-state index contributed by atoms with van der Waals surface area (Å²) in [5, 5.41) is 0. The van der Waals surface area contributed by atoms with Crippen molar-refractivity contribution in [1.29, 1.82) is 0 Å². The monoisotopic (exact) mass is 257 g/mol. The van der Waals surface area contributed by atoms with E-state index in [4.69, 9.17) is 5.73 Å². The third kappa shape index (κ3) is 3.24. The Balaban J connectivity index is 2.16. The van der Waals surface area contributed by atoms with E-state index in [1.54, 1.807) is 0 Å². The summed E-state index contributed by atoms with van der Waals surface area (Å²) in [6, 6.07) is 8.46. The Bertz CT molecular complexity index is 516. The smallest absolute Gasteiger partial charge is 0.110 e. The van der Waals surface area contributed by atoms with Crippen molar-refractivity contribution >= 4 is 0 Å². The highest BCUT2D eigenvalue weighted by molar-refractivity contribution is 5.30. The molecular formula is C16H23N3. The van der Waals surface area contributed by atoms with Crippen molar-refractivity contribution in [2.45, 2.75) is 45.7 Å². The summed E-state index contributed by atoms with van der Waals surface area (Å²) in [6.07, 6.45) is 6.84. The number of nitrogens with two attached hydrogens (primary N) is 1. The largest absolute Gasteiger partial charge is 0.335 e. The highest BCUT2D eigenvalue weighted by Crippen LogP contribution is 2.20. The molecule has 0 fully saturated rings. The molecule has 102 valence electrons. The van der Waals surface area contributed by atoms with Crippen molar-refractivity contribution in [2.24, 2.45) is 5.73 Å². The van der Waals surface area contributed by atoms with Crippen molar-refractivity contribution in [2.75, 3.05) is 0 Å². The number of nitrogens with zero attached hydrogens (tertiary/aromatic N) is 2. The third-order valence-electron chi connectivity index (χ3n) is 3.50. The average Bonchev–Trinajstić information content (AvgIpc) is 2.86. The molecule has 1 atom stereocenters. The second-order valence-electron chi connectivity index (χ2n) is 4.90. The van der Waals surface area contributed by atoms with Crippen molar-refractivity contribution in [3.8, 4) is 0 Å². The minimum Gasteiger partial charge on any atom is -0.335 e. The maximum Gasteiger partial charge on any atom is 0.110 e. The second kappa shape index (κ2) is 6.53. The lowest BCUT2D eigenvalue weighted by Gasteiger charge is -2.16. The van der Waals surface area contributed by atoms with Crippen LogP contribution in [0.3, 0.4) is 0 Å². The van der Waals surface area contributed by atoms with Crippen molar-refractivity contribution < 1.29 is 0 Å². The summed E-state index contributed by atoms with van der Waals surface area (Å²) in [5.41, 5.74) is 8.96. The molecule has 3 heteroatoms. The van der Waals surface area contributed by atoms with Gasteiger partial charge in [0, 0.05) is 31.4 Å². The minimum absolute atomic E-state index is 0.0224. The van der Waals surface area contributed by atoms with Gasteiger partial charge < -0.3 is 10.3 Å². The molecule has 2 rings (SSSR count). The number of rotatable bonds is 6. The molecule has 2 aromatic rings. The van der Waals surface area contributed by atoms with Gasteiger partial charge in [-0.15, -0.1) is 0 Å². The van der Waals surface area contributed by atoms with Gasteiger partial charge in [0.1, 0.15) is 5.82 Å². The molecule has 2 N–H and O–H groups in total. The zero-order valence-electron chi connectivity index (χ0n) is 11.8. The van der Waals surface area contributed by atoms with Gasteiger partial charge in [-0.25, -0.2) is 4.98 Å². The molecule has 1 aromatic heterocycles. The van der Waals surface area contributed by atoms with Crippen LogP contribution in [0.4, 0.5) is 0 Å². The molecule has 0 aliphatic heterocycles. The lowest BCUT2D eigenvalue weighted by atomic mass is 9.97. The van der Waals surface area contributed by atoms with E-state index in [-0.39, 0.29) is 6.04 Å². The summed E-state index contributed by atoms with van der Waals surface area (Å²) in [7, 11) is 0. The second-order valence-corrected chi connectivity index (χ2v) is 4.90. The number of hydrogen-bond acceptors (Lipinski definition) is 2. The molecule has 0 radical (unpaired) electrons. The fourth-order valence-electron chi connectivity index (χ4n) is 2.50. The first-order valence-electron chi connectivity index (χ1n) is 7.09. The Morgan fingerprint density at radius 3 is 2.79 bits per heavy atom. The highest BCUT2D eigenvalue weighted by atomic mass is 15.1. The molecule has 0 saturated carbocycles. The first kappa shape index (κ1) is 13.8. The summed E-state index contributed by atoms with van der Waals surface area (Å²) in [4.78, 5) is 4.44. The summed E-state index contributed by atoms with van der Waals surface area (Å²) in [5.74, 6) is 1.08. The van der Waals surface area contributed by atoms with Gasteiger partial charge in [0.05, 0.1) is 0 Å². The van der Waals surface area contributed by atoms with E-state index < -0.39 is 0 Å². The first-order valence-corrected chi connectivity index (χ1v) is 7.09. The molecule has 0 amide bonds. The van der Waals surface area contributed by atoms with Gasteiger partial charge in [-0.3, -0.25) is 0 Å². The van der Waals surface area contributed by atoms with E-state index >= 15 is 0 Å². The standard InChI is InChI=1S/C16H23N3/c1-3-10-19-11-9-18-16(19)12-15(17)14-8-6-5-7-13(14)4-2/h5-9,11,15H,3-4,10,12,17H2,1-2H3. The summed E-state index contributed by atoms with van der Waals surface area (Å²) >= 11 is 0. The topological polar surface area (TPSA) is 43.8 Å². The van der Waals surface area contributed by atoms with Gasteiger partial charge in [0.25, 0.3) is 0 Å². The molecule has 19 heavy (non-hydrogen) atoms. The Kier molecular flexibility index (Phi) is 4.74. The van der Waals surface area contributed by atoms with Gasteiger partial charge in [-0.05, 0) is 24.0 Å². The molecule has 1 heterocycles. The lowest BCUT2D eigenvalue weighted by Crippen LogP contribution is -2.18. The lowest BCUT2D eigenvalue weighted by molar-refractivity contribution is 0.596. The van der Waals surface area contributed by atoms with E-state index in [1.165, 1.54) is 11.1 Å². The van der Waals surface area contributed by atoms with Crippen LogP contribution in [0.15, 0.2) is 36.7 Å². The van der Waals surface area contributed by atoms with Crippen LogP contribution in [-0.4, -0.2) is 9.55 Å². The molecule has 1 aromatic carbocycles. The number of aryl methyl sites for hydroxylation is 2. The minimum atomic E-state index is 0.0224. The number of benzene rings is 1. The number of imidazole rings is 1. The first-order chi connectivity index (χ1) is 9.26. The predicted molar refractivity (Wildman–Crippen MR) is 79.0 cm³/mol. The zero-order chi connectivity index (χ0) is 13.7. The van der Waals surface area contributed by atoms with Gasteiger partial charge >= 0.3 is 0 Å². The molecular weight excluding hydrogens is 234 g/mol. The van der Waals surface area contributed by atoms with Crippen LogP contribution in [-0.2, 0) is 19.4 Å². The predicted octanol–water partition coefficient (Wildman–Crippen LogP) is 3.10. The summed E-state index contributed by atoms with van der Waals surface area (Å²) < 4.78 is 2.20. The van der Waals surface area contributed by atoms with E-state index in [0.29, 0.717) is 0 Å². The van der Waals surface area contributed by atoms with E-state index in [1.807, 2.05) is 12.4 Å². The van der Waals surface area contributed by atoms with Gasteiger partial charge in [0.2, 0.25) is 0 Å². The quantitative estimate of drug-likeness (QED) is 0.864. The Labute approximate surface area is 115 Å². The zero-order valence-corrected chi connectivity index (χ0v) is 11.8. The molecule has 0 aliphatic carbocycles. The normalized spacial score (nSPS) is 12.6. The molecule has 0 spiro atoms. The van der Waals surface area contributed by atoms with Gasteiger partial charge in [0.15, 0.2) is 0 Å². The van der Waals surface area contributed by atoms with Crippen LogP contribution < -0.4 is 5.73 Å². The fourth-order valence-corrected chi connectivity index (χ4v) is 2.50. The molecule has 1 unspecified atom stereocenters. The maximum atomic E-state index is 6.37. The van der Waals surface area contributed by atoms with Gasteiger partial charge in [-0.2, -0.15) is 0 Å². The van der Waals surface area contributed by atoms with Crippen molar-refractivity contribution in [3.05, 3.63) is 53.6 Å². The molecule has 0 bridgehead atoms. The molecule has 0 aliphatic rings. The Hall–Kier alpha value is -1.61. The average molecular weight is 257 g/mol. The SMILES string of the molecule is CCCn1ccnc1CC(N)c1ccccc1CC. The van der Waals surface area contributed by atoms with Crippen molar-refractivity contribution in [1.82, 2.24) is 9.55 Å².